The van der Waals surface area contributed by atoms with E-state index in [-0.39, 0.29) is 11.9 Å². The van der Waals surface area contributed by atoms with Crippen molar-refractivity contribution in [2.75, 3.05) is 5.73 Å². The Morgan fingerprint density at radius 2 is 2.21 bits per heavy atom. The van der Waals surface area contributed by atoms with Crippen molar-refractivity contribution in [3.8, 4) is 0 Å². The lowest BCUT2D eigenvalue weighted by molar-refractivity contribution is 0.0748. The van der Waals surface area contributed by atoms with Crippen LogP contribution in [0.5, 0.6) is 0 Å². The lowest BCUT2D eigenvalue weighted by Gasteiger charge is -2.14. The summed E-state index contributed by atoms with van der Waals surface area (Å²) >= 11 is 0. The van der Waals surface area contributed by atoms with Crippen LogP contribution in [0.15, 0.2) is 10.7 Å². The van der Waals surface area contributed by atoms with Gasteiger partial charge in [0.2, 0.25) is 5.95 Å². The zero-order valence-electron chi connectivity index (χ0n) is 10.7. The molecule has 0 fully saturated rings. The number of fused-ring (bicyclic) bond motifs is 1. The molecule has 3 heterocycles. The van der Waals surface area contributed by atoms with Gasteiger partial charge < -0.3 is 15.2 Å². The van der Waals surface area contributed by atoms with Gasteiger partial charge in [-0.3, -0.25) is 4.79 Å². The van der Waals surface area contributed by atoms with Gasteiger partial charge in [-0.25, -0.2) is 9.97 Å². The summed E-state index contributed by atoms with van der Waals surface area (Å²) in [6.07, 6.45) is 1.66. The van der Waals surface area contributed by atoms with Crippen LogP contribution in [-0.4, -0.2) is 25.9 Å². The van der Waals surface area contributed by atoms with Crippen LogP contribution in [0.25, 0.3) is 0 Å². The van der Waals surface area contributed by atoms with Crippen LogP contribution in [0.2, 0.25) is 0 Å². The molecule has 98 valence electrons. The largest absolute Gasteiger partial charge is 0.368 e. The Balaban J connectivity index is 1.89. The van der Waals surface area contributed by atoms with Crippen molar-refractivity contribution in [2.45, 2.75) is 26.9 Å². The van der Waals surface area contributed by atoms with Crippen LogP contribution in [0, 0.1) is 13.8 Å². The molecule has 0 spiro atoms. The van der Waals surface area contributed by atoms with Gasteiger partial charge in [0.25, 0.3) is 5.91 Å². The van der Waals surface area contributed by atoms with Crippen LogP contribution in [0.3, 0.4) is 0 Å². The first-order chi connectivity index (χ1) is 9.06. The van der Waals surface area contributed by atoms with Crippen molar-refractivity contribution >= 4 is 11.9 Å². The monoisotopic (exact) mass is 259 g/mol. The minimum atomic E-state index is -0.104. The number of nitrogens with two attached hydrogens (primary N) is 1. The molecule has 0 aliphatic carbocycles. The maximum absolute atomic E-state index is 12.4. The molecular weight excluding hydrogens is 246 g/mol. The third kappa shape index (κ3) is 1.83. The van der Waals surface area contributed by atoms with E-state index in [1.165, 1.54) is 0 Å². The summed E-state index contributed by atoms with van der Waals surface area (Å²) in [5.74, 6) is 0.655. The van der Waals surface area contributed by atoms with Crippen LogP contribution < -0.4 is 5.73 Å². The zero-order valence-corrected chi connectivity index (χ0v) is 10.7. The molecule has 0 saturated carbocycles. The summed E-state index contributed by atoms with van der Waals surface area (Å²) in [6, 6.07) is 0. The summed E-state index contributed by atoms with van der Waals surface area (Å²) in [5, 5.41) is 3.80. The van der Waals surface area contributed by atoms with E-state index in [1.807, 2.05) is 0 Å². The molecular formula is C12H13N5O2. The first-order valence-electron chi connectivity index (χ1n) is 5.88. The summed E-state index contributed by atoms with van der Waals surface area (Å²) < 4.78 is 5.03. The van der Waals surface area contributed by atoms with Crippen molar-refractivity contribution in [1.82, 2.24) is 20.0 Å². The molecule has 3 rings (SSSR count). The second-order valence-corrected chi connectivity index (χ2v) is 4.56. The van der Waals surface area contributed by atoms with E-state index in [0.717, 1.165) is 11.3 Å². The predicted molar refractivity (Wildman–Crippen MR) is 66.0 cm³/mol. The van der Waals surface area contributed by atoms with Crippen molar-refractivity contribution in [1.29, 1.82) is 0 Å². The van der Waals surface area contributed by atoms with Crippen LogP contribution in [-0.2, 0) is 13.1 Å². The minimum absolute atomic E-state index is 0.104. The van der Waals surface area contributed by atoms with Gasteiger partial charge in [-0.1, -0.05) is 5.16 Å². The molecule has 0 radical (unpaired) electrons. The number of hydrogen-bond donors (Lipinski definition) is 1. The normalized spacial score (nSPS) is 13.7. The van der Waals surface area contributed by atoms with Gasteiger partial charge in [0, 0.05) is 18.3 Å². The van der Waals surface area contributed by atoms with E-state index < -0.39 is 0 Å². The summed E-state index contributed by atoms with van der Waals surface area (Å²) in [7, 11) is 0. The first-order valence-corrected chi connectivity index (χ1v) is 5.88. The third-order valence-electron chi connectivity index (χ3n) is 3.21. The molecule has 7 heteroatoms. The Labute approximate surface area is 109 Å². The molecule has 0 atom stereocenters. The van der Waals surface area contributed by atoms with E-state index in [9.17, 15) is 4.79 Å². The lowest BCUT2D eigenvalue weighted by atomic mass is 10.2. The Kier molecular flexibility index (Phi) is 2.48. The fourth-order valence-corrected chi connectivity index (χ4v) is 2.26. The number of carbonyl (C=O) groups is 1. The second kappa shape index (κ2) is 4.04. The van der Waals surface area contributed by atoms with E-state index in [1.54, 1.807) is 24.9 Å². The molecule has 0 bridgehead atoms. The highest BCUT2D eigenvalue weighted by molar-refractivity contribution is 5.96. The highest BCUT2D eigenvalue weighted by Crippen LogP contribution is 2.24. The zero-order chi connectivity index (χ0) is 13.6. The highest BCUT2D eigenvalue weighted by Gasteiger charge is 2.29. The van der Waals surface area contributed by atoms with Gasteiger partial charge in [-0.2, -0.15) is 0 Å². The molecule has 7 nitrogen and oxygen atoms in total. The van der Waals surface area contributed by atoms with Crippen molar-refractivity contribution in [3.05, 3.63) is 34.5 Å². The molecule has 2 aromatic heterocycles. The van der Waals surface area contributed by atoms with Gasteiger partial charge in [0.15, 0.2) is 0 Å². The summed E-state index contributed by atoms with van der Waals surface area (Å²) in [5.41, 5.74) is 8.39. The number of nitrogen functional groups attached to an aromatic ring is 1. The molecule has 1 amide bonds. The Morgan fingerprint density at radius 1 is 1.42 bits per heavy atom. The van der Waals surface area contributed by atoms with E-state index in [4.69, 9.17) is 10.3 Å². The Morgan fingerprint density at radius 3 is 2.89 bits per heavy atom. The Hall–Kier alpha value is -2.44. The van der Waals surface area contributed by atoms with Gasteiger partial charge in [0.1, 0.15) is 11.3 Å². The fraction of sp³-hybridized carbons (Fsp3) is 0.333. The average molecular weight is 259 g/mol. The number of aromatic nitrogens is 3. The van der Waals surface area contributed by atoms with Gasteiger partial charge in [-0.15, -0.1) is 0 Å². The highest BCUT2D eigenvalue weighted by atomic mass is 16.5. The number of carbonyl (C=O) groups excluding carboxylic acids is 1. The maximum Gasteiger partial charge on any atom is 0.260 e. The quantitative estimate of drug-likeness (QED) is 0.814. The molecule has 19 heavy (non-hydrogen) atoms. The standard InChI is InChI=1S/C12H13N5O2/c1-6-10(7(2)19-16-6)11(18)17-4-8-3-14-12(13)15-9(8)5-17/h3H,4-5H2,1-2H3,(H2,13,14,15). The van der Waals surface area contributed by atoms with Gasteiger partial charge in [0.05, 0.1) is 17.9 Å². The molecule has 0 aromatic carbocycles. The minimum Gasteiger partial charge on any atom is -0.368 e. The number of amides is 1. The number of nitrogens with zero attached hydrogens (tertiary/aromatic N) is 4. The van der Waals surface area contributed by atoms with E-state index in [2.05, 4.69) is 15.1 Å². The number of hydrogen-bond acceptors (Lipinski definition) is 6. The number of anilines is 1. The van der Waals surface area contributed by atoms with Crippen LogP contribution >= 0.6 is 0 Å². The topological polar surface area (TPSA) is 98.1 Å². The first kappa shape index (κ1) is 11.6. The van der Waals surface area contributed by atoms with Crippen LogP contribution in [0.4, 0.5) is 5.95 Å². The van der Waals surface area contributed by atoms with E-state index in [0.29, 0.717) is 30.1 Å². The molecule has 0 unspecified atom stereocenters. The van der Waals surface area contributed by atoms with Crippen molar-refractivity contribution < 1.29 is 9.32 Å². The molecule has 1 aliphatic rings. The third-order valence-corrected chi connectivity index (χ3v) is 3.21. The van der Waals surface area contributed by atoms with Gasteiger partial charge >= 0.3 is 0 Å². The SMILES string of the molecule is Cc1noc(C)c1C(=O)N1Cc2cnc(N)nc2C1. The smallest absolute Gasteiger partial charge is 0.260 e. The number of rotatable bonds is 1. The van der Waals surface area contributed by atoms with Crippen molar-refractivity contribution in [3.63, 3.8) is 0 Å². The Bertz CT molecular complexity index is 645. The second-order valence-electron chi connectivity index (χ2n) is 4.56. The van der Waals surface area contributed by atoms with Crippen molar-refractivity contribution in [2.24, 2.45) is 0 Å². The lowest BCUT2D eigenvalue weighted by Crippen LogP contribution is -2.26. The number of aryl methyl sites for hydroxylation is 2. The van der Waals surface area contributed by atoms with Crippen LogP contribution in [0.1, 0.15) is 33.1 Å². The summed E-state index contributed by atoms with van der Waals surface area (Å²) in [6.45, 7) is 4.41. The average Bonchev–Trinajstić information content (AvgIpc) is 2.92. The fourth-order valence-electron chi connectivity index (χ4n) is 2.26. The summed E-state index contributed by atoms with van der Waals surface area (Å²) in [4.78, 5) is 22.2. The van der Waals surface area contributed by atoms with E-state index >= 15 is 0 Å². The molecule has 2 N–H and O–H groups in total. The maximum atomic E-state index is 12.4. The van der Waals surface area contributed by atoms with Gasteiger partial charge in [-0.05, 0) is 13.8 Å². The molecule has 2 aromatic rings. The predicted octanol–water partition coefficient (Wildman–Crippen LogP) is 0.820. The molecule has 0 saturated heterocycles. The molecule has 1 aliphatic heterocycles.